The van der Waals surface area contributed by atoms with E-state index >= 15 is 0 Å². The monoisotopic (exact) mass is 150 g/mol. The van der Waals surface area contributed by atoms with E-state index in [-0.39, 0.29) is 21.7 Å². The molecule has 0 atom stereocenters. The van der Waals surface area contributed by atoms with Gasteiger partial charge in [0.25, 0.3) is 0 Å². The Kier molecular flexibility index (Phi) is 11.0. The summed E-state index contributed by atoms with van der Waals surface area (Å²) in [5.41, 5.74) is 0. The van der Waals surface area contributed by atoms with Gasteiger partial charge in [-0.25, -0.2) is 0 Å². The molecule has 0 amide bonds. The molecule has 1 nitrogen and oxygen atoms in total. The summed E-state index contributed by atoms with van der Waals surface area (Å²) in [6.45, 7) is 4.56. The van der Waals surface area contributed by atoms with Gasteiger partial charge in [-0.3, -0.25) is 0 Å². The second kappa shape index (κ2) is 7.67. The molecule has 0 aromatic heterocycles. The van der Waals surface area contributed by atoms with E-state index in [9.17, 15) is 0 Å². The van der Waals surface area contributed by atoms with E-state index in [1.807, 2.05) is 0 Å². The molecular formula is C6H14OTi. The fraction of sp³-hybridized carbons (Fsp3) is 1.00. The second-order valence-electron chi connectivity index (χ2n) is 1.87. The van der Waals surface area contributed by atoms with Crippen LogP contribution in [-0.2, 0) is 21.7 Å². The zero-order valence-corrected chi connectivity index (χ0v) is 7.21. The van der Waals surface area contributed by atoms with E-state index in [2.05, 4.69) is 13.8 Å². The molecule has 0 aromatic carbocycles. The van der Waals surface area contributed by atoms with Crippen molar-refractivity contribution in [2.75, 3.05) is 6.61 Å². The average Bonchev–Trinajstić information content (AvgIpc) is 1.72. The molecule has 0 unspecified atom stereocenters. The number of hydrogen-bond acceptors (Lipinski definition) is 1. The van der Waals surface area contributed by atoms with Gasteiger partial charge in [-0.15, -0.1) is 0 Å². The van der Waals surface area contributed by atoms with Gasteiger partial charge in [-0.05, 0) is 5.92 Å². The first-order valence-electron chi connectivity index (χ1n) is 2.96. The van der Waals surface area contributed by atoms with Crippen LogP contribution in [0.4, 0.5) is 0 Å². The van der Waals surface area contributed by atoms with Crippen LogP contribution in [-0.4, -0.2) is 11.7 Å². The van der Waals surface area contributed by atoms with Crippen LogP contribution in [0.5, 0.6) is 0 Å². The number of aliphatic hydroxyl groups is 1. The molecule has 0 rings (SSSR count). The Balaban J connectivity index is 0. The molecule has 0 fully saturated rings. The minimum atomic E-state index is 0. The molecule has 0 heterocycles. The van der Waals surface area contributed by atoms with Crippen molar-refractivity contribution in [2.24, 2.45) is 5.92 Å². The Morgan fingerprint density at radius 2 is 1.62 bits per heavy atom. The average molecular weight is 150 g/mol. The van der Waals surface area contributed by atoms with Gasteiger partial charge in [0.2, 0.25) is 0 Å². The summed E-state index contributed by atoms with van der Waals surface area (Å²) in [5.74, 6) is 0.542. The zero-order valence-electron chi connectivity index (χ0n) is 5.65. The van der Waals surface area contributed by atoms with Crippen LogP contribution in [0.1, 0.15) is 26.7 Å². The van der Waals surface area contributed by atoms with Crippen molar-refractivity contribution in [1.82, 2.24) is 0 Å². The molecule has 0 aliphatic rings. The molecule has 48 valence electrons. The first kappa shape index (κ1) is 11.5. The standard InChI is InChI=1S/C6H14O.Ti/c1-3-6(4-2)5-7;/h6-7H,3-5H2,1-2H3;. The molecule has 0 aliphatic heterocycles. The molecule has 0 aromatic rings. The molecule has 2 heteroatoms. The van der Waals surface area contributed by atoms with Gasteiger partial charge in [-0.1, -0.05) is 26.7 Å². The molecule has 0 aliphatic carbocycles. The van der Waals surface area contributed by atoms with Crippen LogP contribution < -0.4 is 0 Å². The molecule has 1 N–H and O–H groups in total. The van der Waals surface area contributed by atoms with Gasteiger partial charge in [0.1, 0.15) is 0 Å². The maximum Gasteiger partial charge on any atom is 0.0459 e. The third-order valence-corrected chi connectivity index (χ3v) is 1.41. The number of rotatable bonds is 3. The number of hydrogen-bond donors (Lipinski definition) is 1. The third kappa shape index (κ3) is 4.82. The van der Waals surface area contributed by atoms with E-state index < -0.39 is 0 Å². The molecule has 0 bridgehead atoms. The van der Waals surface area contributed by atoms with Crippen LogP contribution >= 0.6 is 0 Å². The first-order chi connectivity index (χ1) is 3.35. The summed E-state index contributed by atoms with van der Waals surface area (Å²) in [6.07, 6.45) is 2.21. The Morgan fingerprint density at radius 1 is 1.25 bits per heavy atom. The largest absolute Gasteiger partial charge is 0.396 e. The summed E-state index contributed by atoms with van der Waals surface area (Å²) >= 11 is 0. The quantitative estimate of drug-likeness (QED) is 0.603. The molecule has 8 heavy (non-hydrogen) atoms. The van der Waals surface area contributed by atoms with E-state index in [0.717, 1.165) is 12.8 Å². The first-order valence-corrected chi connectivity index (χ1v) is 2.96. The van der Waals surface area contributed by atoms with Crippen LogP contribution in [0.15, 0.2) is 0 Å². The predicted octanol–water partition coefficient (Wildman–Crippen LogP) is 1.41. The molecule has 0 saturated heterocycles. The minimum absolute atomic E-state index is 0. The second-order valence-corrected chi connectivity index (χ2v) is 1.87. The Bertz CT molecular complexity index is 30.0. The van der Waals surface area contributed by atoms with Crippen molar-refractivity contribution in [3.8, 4) is 0 Å². The molecule has 0 saturated carbocycles. The van der Waals surface area contributed by atoms with E-state index in [4.69, 9.17) is 5.11 Å². The van der Waals surface area contributed by atoms with Gasteiger partial charge in [-0.2, -0.15) is 0 Å². The summed E-state index contributed by atoms with van der Waals surface area (Å²) < 4.78 is 0. The molecule has 0 radical (unpaired) electrons. The smallest absolute Gasteiger partial charge is 0.0459 e. The topological polar surface area (TPSA) is 20.2 Å². The Labute approximate surface area is 66.4 Å². The predicted molar refractivity (Wildman–Crippen MR) is 31.2 cm³/mol. The van der Waals surface area contributed by atoms with Crippen molar-refractivity contribution in [1.29, 1.82) is 0 Å². The van der Waals surface area contributed by atoms with Gasteiger partial charge in [0, 0.05) is 28.3 Å². The normalized spacial score (nSPS) is 9.00. The van der Waals surface area contributed by atoms with Crippen molar-refractivity contribution in [2.45, 2.75) is 26.7 Å². The van der Waals surface area contributed by atoms with Crippen molar-refractivity contribution in [3.63, 3.8) is 0 Å². The van der Waals surface area contributed by atoms with Crippen LogP contribution in [0.2, 0.25) is 0 Å². The van der Waals surface area contributed by atoms with Crippen molar-refractivity contribution in [3.05, 3.63) is 0 Å². The fourth-order valence-corrected chi connectivity index (χ4v) is 0.547. The van der Waals surface area contributed by atoms with Crippen molar-refractivity contribution >= 4 is 0 Å². The Morgan fingerprint density at radius 3 is 1.62 bits per heavy atom. The Hall–Kier alpha value is 0.674. The zero-order chi connectivity index (χ0) is 5.70. The minimum Gasteiger partial charge on any atom is -0.396 e. The van der Waals surface area contributed by atoms with E-state index in [1.165, 1.54) is 0 Å². The SMILES string of the molecule is CCC(CC)CO.[Ti]. The van der Waals surface area contributed by atoms with Crippen LogP contribution in [0, 0.1) is 5.92 Å². The number of aliphatic hydroxyl groups excluding tert-OH is 1. The maximum absolute atomic E-state index is 8.53. The van der Waals surface area contributed by atoms with Crippen molar-refractivity contribution < 1.29 is 26.8 Å². The summed E-state index contributed by atoms with van der Waals surface area (Å²) in [6, 6.07) is 0. The van der Waals surface area contributed by atoms with Crippen LogP contribution in [0.25, 0.3) is 0 Å². The molecule has 0 spiro atoms. The van der Waals surface area contributed by atoms with Gasteiger partial charge in [0.15, 0.2) is 0 Å². The fourth-order valence-electron chi connectivity index (χ4n) is 0.547. The van der Waals surface area contributed by atoms with Gasteiger partial charge in [0.05, 0.1) is 0 Å². The van der Waals surface area contributed by atoms with E-state index in [0.29, 0.717) is 12.5 Å². The maximum atomic E-state index is 8.53. The summed E-state index contributed by atoms with van der Waals surface area (Å²) in [4.78, 5) is 0. The summed E-state index contributed by atoms with van der Waals surface area (Å²) in [5, 5.41) is 8.53. The molecular weight excluding hydrogens is 136 g/mol. The van der Waals surface area contributed by atoms with Gasteiger partial charge < -0.3 is 5.11 Å². The summed E-state index contributed by atoms with van der Waals surface area (Å²) in [7, 11) is 0. The van der Waals surface area contributed by atoms with Gasteiger partial charge >= 0.3 is 0 Å². The van der Waals surface area contributed by atoms with E-state index in [1.54, 1.807) is 0 Å². The third-order valence-electron chi connectivity index (χ3n) is 1.41. The van der Waals surface area contributed by atoms with Crippen LogP contribution in [0.3, 0.4) is 0 Å².